The summed E-state index contributed by atoms with van der Waals surface area (Å²) in [5.74, 6) is -1.09. The van der Waals surface area contributed by atoms with Crippen molar-refractivity contribution in [1.82, 2.24) is 10.2 Å². The first-order chi connectivity index (χ1) is 9.08. The second-order valence-electron chi connectivity index (χ2n) is 3.64. The van der Waals surface area contributed by atoms with Crippen LogP contribution in [0.2, 0.25) is 0 Å². The van der Waals surface area contributed by atoms with Gasteiger partial charge in [-0.1, -0.05) is 12.2 Å². The van der Waals surface area contributed by atoms with Gasteiger partial charge in [0.1, 0.15) is 10.8 Å². The number of nitrogens with two attached hydrogens (primary N) is 1. The van der Waals surface area contributed by atoms with Crippen molar-refractivity contribution in [3.8, 4) is 0 Å². The molecular weight excluding hydrogens is 267 g/mol. The van der Waals surface area contributed by atoms with Gasteiger partial charge < -0.3 is 11.1 Å². The molecule has 0 aliphatic rings. The van der Waals surface area contributed by atoms with E-state index in [1.165, 1.54) is 36.7 Å². The van der Waals surface area contributed by atoms with Crippen molar-refractivity contribution in [2.75, 3.05) is 5.32 Å². The number of carbonyl (C=O) groups is 1. The van der Waals surface area contributed by atoms with Crippen LogP contribution in [-0.4, -0.2) is 21.1 Å². The molecule has 2 rings (SSSR count). The molecule has 3 N–H and O–H groups in total. The summed E-state index contributed by atoms with van der Waals surface area (Å²) >= 11 is 4.74. The highest BCUT2D eigenvalue weighted by Crippen LogP contribution is 2.16. The first-order valence-corrected chi connectivity index (χ1v) is 5.66. The summed E-state index contributed by atoms with van der Waals surface area (Å²) in [5, 5.41) is 9.55. The number of carbonyl (C=O) groups excluding carboxylic acids is 1. The first kappa shape index (κ1) is 13.0. The molecule has 0 atom stereocenters. The van der Waals surface area contributed by atoms with Crippen molar-refractivity contribution in [1.29, 1.82) is 0 Å². The molecule has 1 aromatic heterocycles. The molecule has 0 spiro atoms. The van der Waals surface area contributed by atoms with E-state index in [2.05, 4.69) is 15.5 Å². The monoisotopic (exact) mass is 276 g/mol. The van der Waals surface area contributed by atoms with E-state index < -0.39 is 11.7 Å². The van der Waals surface area contributed by atoms with Crippen LogP contribution < -0.4 is 11.1 Å². The van der Waals surface area contributed by atoms with Gasteiger partial charge in [0.2, 0.25) is 0 Å². The molecule has 0 aliphatic heterocycles. The zero-order chi connectivity index (χ0) is 13.8. The number of thiocarbonyl (C=S) groups is 1. The second-order valence-corrected chi connectivity index (χ2v) is 4.08. The molecule has 0 aliphatic carbocycles. The molecule has 0 saturated heterocycles. The summed E-state index contributed by atoms with van der Waals surface area (Å²) in [4.78, 5) is 11.9. The fraction of sp³-hybridized carbons (Fsp3) is 0. The van der Waals surface area contributed by atoms with Crippen LogP contribution >= 0.6 is 12.2 Å². The van der Waals surface area contributed by atoms with E-state index in [1.54, 1.807) is 0 Å². The Morgan fingerprint density at radius 2 is 2.05 bits per heavy atom. The Morgan fingerprint density at radius 1 is 1.26 bits per heavy atom. The Morgan fingerprint density at radius 3 is 2.63 bits per heavy atom. The fourth-order valence-electron chi connectivity index (χ4n) is 1.39. The van der Waals surface area contributed by atoms with Gasteiger partial charge in [0.05, 0.1) is 23.6 Å². The van der Waals surface area contributed by atoms with Crippen LogP contribution in [-0.2, 0) is 0 Å². The minimum absolute atomic E-state index is 0.0433. The van der Waals surface area contributed by atoms with E-state index in [4.69, 9.17) is 18.0 Å². The van der Waals surface area contributed by atoms with Crippen molar-refractivity contribution in [2.45, 2.75) is 0 Å². The van der Waals surface area contributed by atoms with Gasteiger partial charge in [-0.25, -0.2) is 4.39 Å². The van der Waals surface area contributed by atoms with E-state index in [9.17, 15) is 9.18 Å². The van der Waals surface area contributed by atoms with E-state index >= 15 is 0 Å². The maximum absolute atomic E-state index is 13.7. The highest BCUT2D eigenvalue weighted by Gasteiger charge is 2.10. The Hall–Kier alpha value is -2.41. The zero-order valence-corrected chi connectivity index (χ0v) is 10.4. The van der Waals surface area contributed by atoms with Gasteiger partial charge in [0.15, 0.2) is 0 Å². The zero-order valence-electron chi connectivity index (χ0n) is 9.63. The average Bonchev–Trinajstić information content (AvgIpc) is 2.41. The van der Waals surface area contributed by atoms with Gasteiger partial charge in [-0.3, -0.25) is 4.79 Å². The van der Waals surface area contributed by atoms with Gasteiger partial charge in [-0.2, -0.15) is 10.2 Å². The van der Waals surface area contributed by atoms with Crippen LogP contribution in [0, 0.1) is 5.82 Å². The van der Waals surface area contributed by atoms with E-state index in [0.717, 1.165) is 0 Å². The molecule has 96 valence electrons. The number of amides is 1. The normalized spacial score (nSPS) is 9.95. The van der Waals surface area contributed by atoms with Crippen LogP contribution in [0.25, 0.3) is 0 Å². The molecule has 1 heterocycles. The minimum Gasteiger partial charge on any atom is -0.389 e. The van der Waals surface area contributed by atoms with E-state index in [1.807, 2.05) is 0 Å². The molecule has 19 heavy (non-hydrogen) atoms. The van der Waals surface area contributed by atoms with Gasteiger partial charge in [0.25, 0.3) is 5.91 Å². The number of aromatic nitrogens is 2. The molecule has 2 aromatic rings. The summed E-state index contributed by atoms with van der Waals surface area (Å²) in [5.41, 5.74) is 6.11. The quantitative estimate of drug-likeness (QED) is 0.830. The Labute approximate surface area is 113 Å². The fourth-order valence-corrected chi connectivity index (χ4v) is 1.52. The van der Waals surface area contributed by atoms with Gasteiger partial charge in [-0.05, 0) is 24.3 Å². The number of halogens is 1. The average molecular weight is 276 g/mol. The summed E-state index contributed by atoms with van der Waals surface area (Å²) in [6.45, 7) is 0. The number of hydrogen-bond acceptors (Lipinski definition) is 4. The second kappa shape index (κ2) is 5.49. The van der Waals surface area contributed by atoms with Crippen molar-refractivity contribution in [3.05, 3.63) is 53.6 Å². The first-order valence-electron chi connectivity index (χ1n) is 5.25. The lowest BCUT2D eigenvalue weighted by molar-refractivity contribution is 0.102. The largest absolute Gasteiger partial charge is 0.389 e. The number of nitrogens with one attached hydrogen (secondary N) is 1. The molecule has 1 aromatic carbocycles. The van der Waals surface area contributed by atoms with Crippen molar-refractivity contribution in [3.63, 3.8) is 0 Å². The number of benzene rings is 1. The third kappa shape index (κ3) is 3.08. The predicted octanol–water partition coefficient (Wildman–Crippen LogP) is 1.50. The van der Waals surface area contributed by atoms with Crippen LogP contribution in [0.1, 0.15) is 15.9 Å². The molecule has 5 nitrogen and oxygen atoms in total. The Kier molecular flexibility index (Phi) is 3.76. The Balaban J connectivity index is 2.20. The standard InChI is InChI=1S/C12H9FN4OS/c13-9-5-7(11(14)19)1-2-10(9)17-12(18)8-3-4-15-16-6-8/h1-6H,(H2,14,19)(H,17,18). The maximum atomic E-state index is 13.7. The van der Waals surface area contributed by atoms with Crippen LogP contribution in [0.5, 0.6) is 0 Å². The third-order valence-electron chi connectivity index (χ3n) is 2.35. The smallest absolute Gasteiger partial charge is 0.257 e. The van der Waals surface area contributed by atoms with Gasteiger partial charge in [-0.15, -0.1) is 0 Å². The number of nitrogens with zero attached hydrogens (tertiary/aromatic N) is 2. The van der Waals surface area contributed by atoms with Gasteiger partial charge >= 0.3 is 0 Å². The molecule has 0 fully saturated rings. The molecule has 0 saturated carbocycles. The maximum Gasteiger partial charge on any atom is 0.257 e. The lowest BCUT2D eigenvalue weighted by Crippen LogP contribution is -2.14. The summed E-state index contributed by atoms with van der Waals surface area (Å²) in [7, 11) is 0. The summed E-state index contributed by atoms with van der Waals surface area (Å²) in [6.07, 6.45) is 2.66. The minimum atomic E-state index is -0.610. The highest BCUT2D eigenvalue weighted by molar-refractivity contribution is 7.80. The topological polar surface area (TPSA) is 80.9 Å². The van der Waals surface area contributed by atoms with Crippen molar-refractivity contribution >= 4 is 28.8 Å². The van der Waals surface area contributed by atoms with Crippen LogP contribution in [0.4, 0.5) is 10.1 Å². The predicted molar refractivity (Wildman–Crippen MR) is 72.3 cm³/mol. The molecule has 0 unspecified atom stereocenters. The summed E-state index contributed by atoms with van der Waals surface area (Å²) in [6, 6.07) is 5.58. The molecule has 0 bridgehead atoms. The lowest BCUT2D eigenvalue weighted by Gasteiger charge is -2.07. The number of hydrogen-bond donors (Lipinski definition) is 2. The van der Waals surface area contributed by atoms with Crippen molar-refractivity contribution in [2.24, 2.45) is 5.73 Å². The number of rotatable bonds is 3. The van der Waals surface area contributed by atoms with Crippen LogP contribution in [0.3, 0.4) is 0 Å². The third-order valence-corrected chi connectivity index (χ3v) is 2.58. The van der Waals surface area contributed by atoms with E-state index in [0.29, 0.717) is 5.56 Å². The molecular formula is C12H9FN4OS. The molecule has 7 heteroatoms. The molecule has 1 amide bonds. The summed E-state index contributed by atoms with van der Waals surface area (Å²) < 4.78 is 13.7. The van der Waals surface area contributed by atoms with Crippen LogP contribution in [0.15, 0.2) is 36.7 Å². The number of anilines is 1. The van der Waals surface area contributed by atoms with Crippen molar-refractivity contribution < 1.29 is 9.18 Å². The Bertz CT molecular complexity index is 633. The SMILES string of the molecule is NC(=S)c1ccc(NC(=O)c2ccnnc2)c(F)c1. The molecule has 0 radical (unpaired) electrons. The van der Waals surface area contributed by atoms with Gasteiger partial charge in [0, 0.05) is 5.56 Å². The van der Waals surface area contributed by atoms with E-state index in [-0.39, 0.29) is 16.2 Å². The highest BCUT2D eigenvalue weighted by atomic mass is 32.1. The lowest BCUT2D eigenvalue weighted by atomic mass is 10.2.